The van der Waals surface area contributed by atoms with Gasteiger partial charge in [-0.05, 0) is 43.8 Å². The van der Waals surface area contributed by atoms with E-state index in [9.17, 15) is 0 Å². The molecule has 0 radical (unpaired) electrons. The van der Waals surface area contributed by atoms with Crippen molar-refractivity contribution in [1.29, 1.82) is 0 Å². The SMILES string of the molecule is C=C(C)C(NCCC)c1sccc1C. The lowest BCUT2D eigenvalue weighted by Crippen LogP contribution is -2.22. The highest BCUT2D eigenvalue weighted by Gasteiger charge is 2.14. The number of hydrogen-bond acceptors (Lipinski definition) is 2. The Bertz CT molecular complexity index is 301. The molecule has 0 aliphatic heterocycles. The fourth-order valence-electron chi connectivity index (χ4n) is 1.46. The van der Waals surface area contributed by atoms with Gasteiger partial charge in [0.15, 0.2) is 0 Å². The van der Waals surface area contributed by atoms with Crippen molar-refractivity contribution in [3.63, 3.8) is 0 Å². The van der Waals surface area contributed by atoms with E-state index in [0.29, 0.717) is 6.04 Å². The molecular weight excluding hydrogens is 190 g/mol. The first-order valence-electron chi connectivity index (χ1n) is 5.09. The third-order valence-corrected chi connectivity index (χ3v) is 3.34. The fourth-order valence-corrected chi connectivity index (χ4v) is 2.55. The summed E-state index contributed by atoms with van der Waals surface area (Å²) < 4.78 is 0. The average Bonchev–Trinajstić information content (AvgIpc) is 2.52. The molecule has 0 aliphatic rings. The molecule has 78 valence electrons. The van der Waals surface area contributed by atoms with Gasteiger partial charge in [-0.1, -0.05) is 19.1 Å². The maximum Gasteiger partial charge on any atom is 0.0627 e. The van der Waals surface area contributed by atoms with E-state index in [0.717, 1.165) is 13.0 Å². The van der Waals surface area contributed by atoms with Crippen LogP contribution in [0, 0.1) is 6.92 Å². The summed E-state index contributed by atoms with van der Waals surface area (Å²) in [5.74, 6) is 0. The van der Waals surface area contributed by atoms with E-state index >= 15 is 0 Å². The lowest BCUT2D eigenvalue weighted by molar-refractivity contribution is 0.596. The van der Waals surface area contributed by atoms with Crippen LogP contribution in [-0.2, 0) is 0 Å². The minimum Gasteiger partial charge on any atom is -0.306 e. The summed E-state index contributed by atoms with van der Waals surface area (Å²) in [4.78, 5) is 1.41. The van der Waals surface area contributed by atoms with Gasteiger partial charge in [-0.15, -0.1) is 11.3 Å². The van der Waals surface area contributed by atoms with E-state index in [1.54, 1.807) is 0 Å². The zero-order valence-electron chi connectivity index (χ0n) is 9.26. The average molecular weight is 209 g/mol. The van der Waals surface area contributed by atoms with E-state index in [-0.39, 0.29) is 0 Å². The van der Waals surface area contributed by atoms with Gasteiger partial charge in [0, 0.05) is 4.88 Å². The lowest BCUT2D eigenvalue weighted by atomic mass is 10.1. The van der Waals surface area contributed by atoms with Gasteiger partial charge in [0.1, 0.15) is 0 Å². The molecule has 0 aromatic carbocycles. The first-order chi connectivity index (χ1) is 6.66. The molecule has 1 aromatic heterocycles. The molecule has 14 heavy (non-hydrogen) atoms. The van der Waals surface area contributed by atoms with E-state index in [1.807, 2.05) is 11.3 Å². The van der Waals surface area contributed by atoms with Crippen LogP contribution in [0.3, 0.4) is 0 Å². The Morgan fingerprint density at radius 3 is 2.79 bits per heavy atom. The second-order valence-electron chi connectivity index (χ2n) is 3.70. The van der Waals surface area contributed by atoms with Crippen molar-refractivity contribution in [3.05, 3.63) is 34.0 Å². The third kappa shape index (κ3) is 2.69. The molecule has 0 saturated carbocycles. The highest BCUT2D eigenvalue weighted by molar-refractivity contribution is 7.10. The molecule has 1 unspecified atom stereocenters. The smallest absolute Gasteiger partial charge is 0.0627 e. The van der Waals surface area contributed by atoms with Crippen molar-refractivity contribution >= 4 is 11.3 Å². The minimum absolute atomic E-state index is 0.343. The predicted molar refractivity (Wildman–Crippen MR) is 64.9 cm³/mol. The fraction of sp³-hybridized carbons (Fsp3) is 0.500. The Labute approximate surface area is 90.9 Å². The van der Waals surface area contributed by atoms with Gasteiger partial charge in [-0.2, -0.15) is 0 Å². The summed E-state index contributed by atoms with van der Waals surface area (Å²) >= 11 is 1.81. The third-order valence-electron chi connectivity index (χ3n) is 2.26. The first-order valence-corrected chi connectivity index (χ1v) is 5.97. The van der Waals surface area contributed by atoms with Gasteiger partial charge in [-0.25, -0.2) is 0 Å². The molecule has 0 fully saturated rings. The molecule has 2 heteroatoms. The molecular formula is C12H19NS. The molecule has 0 aliphatic carbocycles. The van der Waals surface area contributed by atoms with Gasteiger partial charge in [0.2, 0.25) is 0 Å². The van der Waals surface area contributed by atoms with Crippen molar-refractivity contribution in [2.45, 2.75) is 33.2 Å². The van der Waals surface area contributed by atoms with Gasteiger partial charge in [0.25, 0.3) is 0 Å². The zero-order valence-corrected chi connectivity index (χ0v) is 10.1. The van der Waals surface area contributed by atoms with Crippen LogP contribution in [0.25, 0.3) is 0 Å². The summed E-state index contributed by atoms with van der Waals surface area (Å²) in [6.45, 7) is 11.5. The standard InChI is InChI=1S/C12H19NS/c1-5-7-13-11(9(2)3)12-10(4)6-8-14-12/h6,8,11,13H,2,5,7H2,1,3-4H3. The monoisotopic (exact) mass is 209 g/mol. The second-order valence-corrected chi connectivity index (χ2v) is 4.65. The maximum atomic E-state index is 4.05. The zero-order chi connectivity index (χ0) is 10.6. The van der Waals surface area contributed by atoms with Crippen LogP contribution in [0.5, 0.6) is 0 Å². The highest BCUT2D eigenvalue weighted by Crippen LogP contribution is 2.28. The van der Waals surface area contributed by atoms with Gasteiger partial charge in [0.05, 0.1) is 6.04 Å². The summed E-state index contributed by atoms with van der Waals surface area (Å²) in [6, 6.07) is 2.51. The molecule has 0 bridgehead atoms. The van der Waals surface area contributed by atoms with Gasteiger partial charge in [-0.3, -0.25) is 0 Å². The van der Waals surface area contributed by atoms with Crippen molar-refractivity contribution in [2.75, 3.05) is 6.54 Å². The number of nitrogens with one attached hydrogen (secondary N) is 1. The highest BCUT2D eigenvalue weighted by atomic mass is 32.1. The molecule has 1 nitrogen and oxygen atoms in total. The van der Waals surface area contributed by atoms with E-state index < -0.39 is 0 Å². The summed E-state index contributed by atoms with van der Waals surface area (Å²) in [5, 5.41) is 5.67. The molecule has 1 rings (SSSR count). The lowest BCUT2D eigenvalue weighted by Gasteiger charge is -2.18. The maximum absolute atomic E-state index is 4.05. The molecule has 0 saturated heterocycles. The Hall–Kier alpha value is -0.600. The minimum atomic E-state index is 0.343. The van der Waals surface area contributed by atoms with Crippen LogP contribution in [0.15, 0.2) is 23.6 Å². The van der Waals surface area contributed by atoms with Crippen LogP contribution in [-0.4, -0.2) is 6.54 Å². The van der Waals surface area contributed by atoms with Crippen LogP contribution in [0.2, 0.25) is 0 Å². The quantitative estimate of drug-likeness (QED) is 0.730. The van der Waals surface area contributed by atoms with Crippen LogP contribution in [0.1, 0.15) is 36.8 Å². The number of rotatable bonds is 5. The molecule has 1 aromatic rings. The Balaban J connectivity index is 2.78. The van der Waals surface area contributed by atoms with Crippen LogP contribution in [0.4, 0.5) is 0 Å². The van der Waals surface area contributed by atoms with Crippen molar-refractivity contribution in [3.8, 4) is 0 Å². The molecule has 1 N–H and O–H groups in total. The van der Waals surface area contributed by atoms with Gasteiger partial charge < -0.3 is 5.32 Å². The molecule has 0 amide bonds. The van der Waals surface area contributed by atoms with Crippen LogP contribution >= 0.6 is 11.3 Å². The summed E-state index contributed by atoms with van der Waals surface area (Å²) in [7, 11) is 0. The summed E-state index contributed by atoms with van der Waals surface area (Å²) in [6.07, 6.45) is 1.16. The first kappa shape index (κ1) is 11.5. The molecule has 0 spiro atoms. The largest absolute Gasteiger partial charge is 0.306 e. The Morgan fingerprint density at radius 2 is 2.36 bits per heavy atom. The number of aryl methyl sites for hydroxylation is 1. The molecule has 1 heterocycles. The second kappa shape index (κ2) is 5.32. The number of thiophene rings is 1. The Kier molecular flexibility index (Phi) is 4.36. The van der Waals surface area contributed by atoms with Crippen LogP contribution < -0.4 is 5.32 Å². The number of hydrogen-bond donors (Lipinski definition) is 1. The van der Waals surface area contributed by atoms with E-state index in [4.69, 9.17) is 0 Å². The van der Waals surface area contributed by atoms with E-state index in [2.05, 4.69) is 44.1 Å². The normalized spacial score (nSPS) is 12.8. The van der Waals surface area contributed by atoms with Crippen molar-refractivity contribution in [1.82, 2.24) is 5.32 Å². The topological polar surface area (TPSA) is 12.0 Å². The predicted octanol–water partition coefficient (Wildman–Crippen LogP) is 3.67. The summed E-state index contributed by atoms with van der Waals surface area (Å²) in [5.41, 5.74) is 2.57. The molecule has 1 atom stereocenters. The van der Waals surface area contributed by atoms with Crippen molar-refractivity contribution in [2.24, 2.45) is 0 Å². The Morgan fingerprint density at radius 1 is 1.64 bits per heavy atom. The van der Waals surface area contributed by atoms with Crippen molar-refractivity contribution < 1.29 is 0 Å². The van der Waals surface area contributed by atoms with Gasteiger partial charge >= 0.3 is 0 Å². The van der Waals surface area contributed by atoms with E-state index in [1.165, 1.54) is 16.0 Å².